The van der Waals surface area contributed by atoms with Crippen molar-refractivity contribution in [3.8, 4) is 0 Å². The molecule has 0 aliphatic carbocycles. The van der Waals surface area contributed by atoms with Crippen LogP contribution in [0.15, 0.2) is 24.3 Å². The second-order valence-corrected chi connectivity index (χ2v) is 4.80. The van der Waals surface area contributed by atoms with E-state index >= 15 is 0 Å². The smallest absolute Gasteiger partial charge is 0.153 e. The van der Waals surface area contributed by atoms with Crippen molar-refractivity contribution in [1.29, 1.82) is 0 Å². The molecule has 2 heterocycles. The van der Waals surface area contributed by atoms with Crippen LogP contribution in [-0.2, 0) is 11.3 Å². The highest BCUT2D eigenvalue weighted by Gasteiger charge is 2.12. The molecule has 0 radical (unpaired) electrons. The van der Waals surface area contributed by atoms with Gasteiger partial charge in [0, 0.05) is 11.8 Å². The van der Waals surface area contributed by atoms with E-state index in [1.54, 1.807) is 0 Å². The van der Waals surface area contributed by atoms with Crippen molar-refractivity contribution in [2.45, 2.75) is 26.2 Å². The van der Waals surface area contributed by atoms with Gasteiger partial charge in [-0.2, -0.15) is 0 Å². The van der Waals surface area contributed by atoms with E-state index in [1.165, 1.54) is 16.5 Å². The van der Waals surface area contributed by atoms with Crippen molar-refractivity contribution in [2.24, 2.45) is 0 Å². The summed E-state index contributed by atoms with van der Waals surface area (Å²) < 4.78 is 0. The lowest BCUT2D eigenvalue weighted by Crippen LogP contribution is -2.15. The number of anilines is 1. The zero-order valence-corrected chi connectivity index (χ0v) is 10.2. The normalized spacial score (nSPS) is 14.8. The molecular weight excluding hydrogens is 212 g/mol. The number of hydrogen-bond acceptors (Lipinski definition) is 3. The number of rotatable bonds is 1. The van der Waals surface area contributed by atoms with Gasteiger partial charge >= 0.3 is 0 Å². The quantitative estimate of drug-likeness (QED) is 0.813. The largest absolute Gasteiger partial charge is 0.274 e. The summed E-state index contributed by atoms with van der Waals surface area (Å²) >= 11 is 0. The number of aromatic nitrogens is 1. The Morgan fingerprint density at radius 1 is 1.29 bits per heavy atom. The monoisotopic (exact) mass is 228 g/mol. The summed E-state index contributed by atoms with van der Waals surface area (Å²) in [4.78, 5) is 9.83. The molecule has 88 valence electrons. The van der Waals surface area contributed by atoms with Crippen molar-refractivity contribution in [3.63, 3.8) is 0 Å². The molecule has 0 atom stereocenters. The van der Waals surface area contributed by atoms with Crippen molar-refractivity contribution in [3.05, 3.63) is 35.4 Å². The minimum atomic E-state index is 0.529. The van der Waals surface area contributed by atoms with Crippen molar-refractivity contribution in [2.75, 3.05) is 12.1 Å². The molecule has 1 N–H and O–H groups in total. The average Bonchev–Trinajstić information content (AvgIpc) is 2.35. The molecular formula is C14H16N2O. The lowest BCUT2D eigenvalue weighted by atomic mass is 10.0. The molecule has 0 saturated heterocycles. The SMILES string of the molecule is CC(C)c1ccc2cc3c(nc2c1)NOCC3. The number of nitrogens with one attached hydrogen (secondary N) is 1. The van der Waals surface area contributed by atoms with Gasteiger partial charge in [0.05, 0.1) is 12.1 Å². The van der Waals surface area contributed by atoms with Crippen LogP contribution < -0.4 is 5.48 Å². The van der Waals surface area contributed by atoms with Gasteiger partial charge in [0.15, 0.2) is 5.82 Å². The van der Waals surface area contributed by atoms with Crippen molar-refractivity contribution >= 4 is 16.7 Å². The Balaban J connectivity index is 2.16. The first kappa shape index (κ1) is 10.5. The third kappa shape index (κ3) is 1.87. The Morgan fingerprint density at radius 3 is 3.00 bits per heavy atom. The van der Waals surface area contributed by atoms with E-state index in [-0.39, 0.29) is 0 Å². The van der Waals surface area contributed by atoms with Gasteiger partial charge in [-0.05, 0) is 29.2 Å². The fraction of sp³-hybridized carbons (Fsp3) is 0.357. The Kier molecular flexibility index (Phi) is 2.48. The van der Waals surface area contributed by atoms with Crippen LogP contribution in [0.25, 0.3) is 10.9 Å². The highest BCUT2D eigenvalue weighted by atomic mass is 16.6. The number of fused-ring (bicyclic) bond motifs is 2. The van der Waals surface area contributed by atoms with Gasteiger partial charge in [-0.1, -0.05) is 26.0 Å². The van der Waals surface area contributed by atoms with E-state index in [0.29, 0.717) is 12.5 Å². The first-order valence-corrected chi connectivity index (χ1v) is 6.05. The molecule has 17 heavy (non-hydrogen) atoms. The fourth-order valence-corrected chi connectivity index (χ4v) is 2.15. The summed E-state index contributed by atoms with van der Waals surface area (Å²) in [5, 5.41) is 1.21. The van der Waals surface area contributed by atoms with Gasteiger partial charge in [0.1, 0.15) is 0 Å². The Labute approximate surface area is 101 Å². The van der Waals surface area contributed by atoms with E-state index in [2.05, 4.69) is 48.6 Å². The first-order chi connectivity index (χ1) is 8.24. The second kappa shape index (κ2) is 4.00. The molecule has 0 amide bonds. The maximum Gasteiger partial charge on any atom is 0.153 e. The molecule has 3 nitrogen and oxygen atoms in total. The molecule has 0 fully saturated rings. The van der Waals surface area contributed by atoms with Crippen LogP contribution in [0.5, 0.6) is 0 Å². The average molecular weight is 228 g/mol. The Bertz CT molecular complexity index is 563. The minimum Gasteiger partial charge on any atom is -0.274 e. The lowest BCUT2D eigenvalue weighted by Gasteiger charge is -2.17. The highest BCUT2D eigenvalue weighted by Crippen LogP contribution is 2.26. The van der Waals surface area contributed by atoms with E-state index in [4.69, 9.17) is 4.84 Å². The number of nitrogens with zero attached hydrogens (tertiary/aromatic N) is 1. The summed E-state index contributed by atoms with van der Waals surface area (Å²) in [6.45, 7) is 5.10. The van der Waals surface area contributed by atoms with Crippen molar-refractivity contribution < 1.29 is 4.84 Å². The molecule has 1 aromatic heterocycles. The fourth-order valence-electron chi connectivity index (χ4n) is 2.15. The Hall–Kier alpha value is -1.61. The number of hydrogen-bond donors (Lipinski definition) is 1. The molecule has 1 aliphatic heterocycles. The van der Waals surface area contributed by atoms with Crippen molar-refractivity contribution in [1.82, 2.24) is 4.98 Å². The van der Waals surface area contributed by atoms with Crippen LogP contribution in [-0.4, -0.2) is 11.6 Å². The molecule has 1 aliphatic rings. The molecule has 0 bridgehead atoms. The molecule has 3 rings (SSSR count). The molecule has 0 unspecified atom stereocenters. The lowest BCUT2D eigenvalue weighted by molar-refractivity contribution is 0.185. The summed E-state index contributed by atoms with van der Waals surface area (Å²) in [5.74, 6) is 1.39. The maximum absolute atomic E-state index is 5.21. The number of pyridine rings is 1. The van der Waals surface area contributed by atoms with Gasteiger partial charge in [0.2, 0.25) is 0 Å². The first-order valence-electron chi connectivity index (χ1n) is 6.05. The maximum atomic E-state index is 5.21. The molecule has 0 spiro atoms. The standard InChI is InChI=1S/C14H16N2O/c1-9(2)10-3-4-11-7-12-5-6-17-16-14(12)15-13(11)8-10/h3-4,7-9H,5-6H2,1-2H3,(H,15,16). The molecule has 3 heteroatoms. The summed E-state index contributed by atoms with van der Waals surface area (Å²) in [5.41, 5.74) is 6.49. The van der Waals surface area contributed by atoms with Crippen LogP contribution >= 0.6 is 0 Å². The predicted molar refractivity (Wildman–Crippen MR) is 69.1 cm³/mol. The summed E-state index contributed by atoms with van der Waals surface area (Å²) in [7, 11) is 0. The topological polar surface area (TPSA) is 34.2 Å². The molecule has 1 aromatic carbocycles. The zero-order valence-electron chi connectivity index (χ0n) is 10.2. The minimum absolute atomic E-state index is 0.529. The third-order valence-corrected chi connectivity index (χ3v) is 3.23. The van der Waals surface area contributed by atoms with E-state index < -0.39 is 0 Å². The zero-order chi connectivity index (χ0) is 11.8. The Morgan fingerprint density at radius 2 is 2.18 bits per heavy atom. The third-order valence-electron chi connectivity index (χ3n) is 3.23. The van der Waals surface area contributed by atoms with E-state index in [9.17, 15) is 0 Å². The summed E-state index contributed by atoms with van der Waals surface area (Å²) in [6.07, 6.45) is 0.928. The van der Waals surface area contributed by atoms with Crippen LogP contribution in [0.3, 0.4) is 0 Å². The molecule has 0 saturated carbocycles. The molecule has 2 aromatic rings. The van der Waals surface area contributed by atoms with Gasteiger partial charge in [-0.15, -0.1) is 0 Å². The van der Waals surface area contributed by atoms with E-state index in [0.717, 1.165) is 17.8 Å². The highest BCUT2D eigenvalue weighted by molar-refractivity contribution is 5.82. The second-order valence-electron chi connectivity index (χ2n) is 4.80. The van der Waals surface area contributed by atoms with Crippen LogP contribution in [0, 0.1) is 0 Å². The van der Waals surface area contributed by atoms with Crippen LogP contribution in [0.2, 0.25) is 0 Å². The van der Waals surface area contributed by atoms with Crippen LogP contribution in [0.1, 0.15) is 30.9 Å². The van der Waals surface area contributed by atoms with Gasteiger partial charge in [-0.25, -0.2) is 10.5 Å². The van der Waals surface area contributed by atoms with Gasteiger partial charge in [-0.3, -0.25) is 4.84 Å². The number of benzene rings is 1. The van der Waals surface area contributed by atoms with E-state index in [1.807, 2.05) is 0 Å². The van der Waals surface area contributed by atoms with Gasteiger partial charge < -0.3 is 0 Å². The predicted octanol–water partition coefficient (Wildman–Crippen LogP) is 3.26. The summed E-state index contributed by atoms with van der Waals surface area (Å²) in [6, 6.07) is 8.72. The van der Waals surface area contributed by atoms with Crippen LogP contribution in [0.4, 0.5) is 5.82 Å². The van der Waals surface area contributed by atoms with Gasteiger partial charge in [0.25, 0.3) is 0 Å².